The minimum atomic E-state index is 0.00397. The minimum Gasteiger partial charge on any atom is -0.379 e. The third kappa shape index (κ3) is 3.16. The number of nitrogens with zero attached hydrogens (tertiary/aromatic N) is 2. The molecule has 0 saturated heterocycles. The highest BCUT2D eigenvalue weighted by Gasteiger charge is 2.10. The molecule has 0 unspecified atom stereocenters. The zero-order valence-electron chi connectivity index (χ0n) is 8.98. The van der Waals surface area contributed by atoms with Crippen LogP contribution in [0.2, 0.25) is 10.0 Å². The second-order valence-corrected chi connectivity index (χ2v) is 5.13. The van der Waals surface area contributed by atoms with Crippen molar-refractivity contribution < 1.29 is 4.52 Å². The number of aromatic nitrogens is 2. The molecule has 0 aliphatic heterocycles. The van der Waals surface area contributed by atoms with E-state index in [0.29, 0.717) is 33.1 Å². The topological polar surface area (TPSA) is 88.8 Å². The van der Waals surface area contributed by atoms with Crippen LogP contribution in [-0.4, -0.2) is 15.3 Å². The first-order chi connectivity index (χ1) is 8.56. The first-order valence-corrected chi connectivity index (χ1v) is 6.55. The second-order valence-electron chi connectivity index (χ2n) is 3.29. The van der Waals surface area contributed by atoms with Crippen LogP contribution in [0.1, 0.15) is 5.89 Å². The monoisotopic (exact) mass is 302 g/mol. The summed E-state index contributed by atoms with van der Waals surface area (Å²) in [6, 6.07) is 5.08. The molecule has 0 aliphatic rings. The van der Waals surface area contributed by atoms with Crippen LogP contribution in [0.15, 0.2) is 22.7 Å². The molecular formula is C10H8Cl2N4OS. The Morgan fingerprint density at radius 1 is 1.39 bits per heavy atom. The molecule has 94 valence electrons. The molecule has 0 fully saturated rings. The molecule has 1 aromatic carbocycles. The maximum atomic E-state index is 7.09. The number of rotatable bonds is 3. The summed E-state index contributed by atoms with van der Waals surface area (Å²) in [7, 11) is 0. The number of thioether (sulfide) groups is 1. The van der Waals surface area contributed by atoms with Gasteiger partial charge in [-0.2, -0.15) is 4.98 Å². The van der Waals surface area contributed by atoms with Crippen molar-refractivity contribution in [2.45, 2.75) is 5.75 Å². The van der Waals surface area contributed by atoms with Crippen LogP contribution in [0.5, 0.6) is 0 Å². The smallest absolute Gasteiger partial charge is 0.237 e. The van der Waals surface area contributed by atoms with E-state index in [1.807, 2.05) is 0 Å². The lowest BCUT2D eigenvalue weighted by molar-refractivity contribution is 0.392. The van der Waals surface area contributed by atoms with Crippen molar-refractivity contribution in [3.63, 3.8) is 0 Å². The maximum absolute atomic E-state index is 7.09. The van der Waals surface area contributed by atoms with Crippen LogP contribution in [-0.2, 0) is 5.75 Å². The van der Waals surface area contributed by atoms with E-state index in [-0.39, 0.29) is 5.17 Å². The first-order valence-electron chi connectivity index (χ1n) is 4.81. The maximum Gasteiger partial charge on any atom is 0.237 e. The predicted molar refractivity (Wildman–Crippen MR) is 73.0 cm³/mol. The third-order valence-electron chi connectivity index (χ3n) is 2.00. The van der Waals surface area contributed by atoms with Crippen molar-refractivity contribution in [1.82, 2.24) is 10.1 Å². The quantitative estimate of drug-likeness (QED) is 0.671. The normalized spacial score (nSPS) is 10.6. The van der Waals surface area contributed by atoms with E-state index in [9.17, 15) is 0 Å². The van der Waals surface area contributed by atoms with Gasteiger partial charge in [-0.15, -0.1) is 0 Å². The average Bonchev–Trinajstić information content (AvgIpc) is 2.79. The summed E-state index contributed by atoms with van der Waals surface area (Å²) >= 11 is 12.8. The fourth-order valence-electron chi connectivity index (χ4n) is 1.21. The van der Waals surface area contributed by atoms with Gasteiger partial charge in [0.15, 0.2) is 5.17 Å². The van der Waals surface area contributed by atoms with E-state index in [2.05, 4.69) is 10.1 Å². The van der Waals surface area contributed by atoms with Crippen LogP contribution in [0, 0.1) is 5.41 Å². The Hall–Kier alpha value is -1.24. The zero-order chi connectivity index (χ0) is 13.1. The van der Waals surface area contributed by atoms with Gasteiger partial charge in [-0.1, -0.05) is 40.1 Å². The Morgan fingerprint density at radius 2 is 2.17 bits per heavy atom. The molecule has 0 spiro atoms. The second kappa shape index (κ2) is 5.60. The van der Waals surface area contributed by atoms with Crippen molar-refractivity contribution >= 4 is 40.1 Å². The summed E-state index contributed by atoms with van der Waals surface area (Å²) in [5, 5.41) is 11.8. The van der Waals surface area contributed by atoms with Crippen LogP contribution in [0.4, 0.5) is 0 Å². The van der Waals surface area contributed by atoms with Crippen molar-refractivity contribution in [2.75, 3.05) is 0 Å². The molecule has 0 bridgehead atoms. The average molecular weight is 303 g/mol. The lowest BCUT2D eigenvalue weighted by Crippen LogP contribution is -2.03. The first kappa shape index (κ1) is 13.2. The Morgan fingerprint density at radius 3 is 2.83 bits per heavy atom. The number of benzene rings is 1. The van der Waals surface area contributed by atoms with E-state index in [4.69, 9.17) is 38.9 Å². The van der Waals surface area contributed by atoms with E-state index in [1.54, 1.807) is 18.2 Å². The summed E-state index contributed by atoms with van der Waals surface area (Å²) in [5.41, 5.74) is 5.93. The summed E-state index contributed by atoms with van der Waals surface area (Å²) in [6.07, 6.45) is 0. The Labute approximate surface area is 117 Å². The zero-order valence-corrected chi connectivity index (χ0v) is 11.3. The molecule has 2 aromatic rings. The molecule has 0 aliphatic carbocycles. The van der Waals surface area contributed by atoms with Gasteiger partial charge in [0.2, 0.25) is 11.7 Å². The van der Waals surface area contributed by atoms with Crippen molar-refractivity contribution in [1.29, 1.82) is 5.41 Å². The summed E-state index contributed by atoms with van der Waals surface area (Å²) in [6.45, 7) is 0. The largest absolute Gasteiger partial charge is 0.379 e. The van der Waals surface area contributed by atoms with Gasteiger partial charge >= 0.3 is 0 Å². The standard InChI is InChI=1S/C10H8Cl2N4OS/c11-6-2-1-5(3-7(6)12)9-15-8(17-16-9)4-18-10(13)14/h1-3H,4H2,(H3,13,14). The summed E-state index contributed by atoms with van der Waals surface area (Å²) in [4.78, 5) is 4.17. The molecule has 3 N–H and O–H groups in total. The van der Waals surface area contributed by atoms with Gasteiger partial charge in [0.25, 0.3) is 0 Å². The van der Waals surface area contributed by atoms with Crippen LogP contribution >= 0.6 is 35.0 Å². The van der Waals surface area contributed by atoms with Gasteiger partial charge in [-0.3, -0.25) is 5.41 Å². The van der Waals surface area contributed by atoms with Gasteiger partial charge in [0.05, 0.1) is 15.8 Å². The fraction of sp³-hybridized carbons (Fsp3) is 0.100. The van der Waals surface area contributed by atoms with E-state index < -0.39 is 0 Å². The van der Waals surface area contributed by atoms with Crippen LogP contribution < -0.4 is 5.73 Å². The molecule has 0 amide bonds. The SMILES string of the molecule is N=C(N)SCc1nc(-c2ccc(Cl)c(Cl)c2)no1. The van der Waals surface area contributed by atoms with Crippen molar-refractivity contribution in [3.8, 4) is 11.4 Å². The van der Waals surface area contributed by atoms with Crippen molar-refractivity contribution in [3.05, 3.63) is 34.1 Å². The van der Waals surface area contributed by atoms with Gasteiger partial charge in [0.1, 0.15) is 0 Å². The van der Waals surface area contributed by atoms with Crippen molar-refractivity contribution in [2.24, 2.45) is 5.73 Å². The van der Waals surface area contributed by atoms with E-state index in [0.717, 1.165) is 11.8 Å². The highest BCUT2D eigenvalue weighted by atomic mass is 35.5. The number of nitrogens with two attached hydrogens (primary N) is 1. The van der Waals surface area contributed by atoms with E-state index >= 15 is 0 Å². The molecule has 0 radical (unpaired) electrons. The van der Waals surface area contributed by atoms with Gasteiger partial charge in [-0.25, -0.2) is 0 Å². The highest BCUT2D eigenvalue weighted by Crippen LogP contribution is 2.27. The third-order valence-corrected chi connectivity index (χ3v) is 3.44. The van der Waals surface area contributed by atoms with Gasteiger partial charge in [0, 0.05) is 5.56 Å². The Kier molecular flexibility index (Phi) is 4.11. The number of hydrogen-bond acceptors (Lipinski definition) is 5. The lowest BCUT2D eigenvalue weighted by atomic mass is 10.2. The molecule has 5 nitrogen and oxygen atoms in total. The lowest BCUT2D eigenvalue weighted by Gasteiger charge is -1.97. The molecule has 8 heteroatoms. The van der Waals surface area contributed by atoms with E-state index in [1.165, 1.54) is 0 Å². The number of hydrogen-bond donors (Lipinski definition) is 2. The summed E-state index contributed by atoms with van der Waals surface area (Å²) < 4.78 is 5.03. The molecule has 2 rings (SSSR count). The van der Waals surface area contributed by atoms with Gasteiger partial charge in [-0.05, 0) is 18.2 Å². The predicted octanol–water partition coefficient (Wildman–Crippen LogP) is 3.17. The molecule has 1 heterocycles. The minimum absolute atomic E-state index is 0.00397. The van der Waals surface area contributed by atoms with Crippen LogP contribution in [0.3, 0.4) is 0 Å². The fourth-order valence-corrected chi connectivity index (χ4v) is 1.90. The Bertz CT molecular complexity index is 587. The number of halogens is 2. The Balaban J connectivity index is 2.18. The molecule has 1 aromatic heterocycles. The number of nitrogens with one attached hydrogen (secondary N) is 1. The molecule has 0 saturated carbocycles. The number of amidine groups is 1. The molecule has 0 atom stereocenters. The molecular weight excluding hydrogens is 295 g/mol. The molecule has 18 heavy (non-hydrogen) atoms. The highest BCUT2D eigenvalue weighted by molar-refractivity contribution is 8.12. The van der Waals surface area contributed by atoms with Crippen LogP contribution in [0.25, 0.3) is 11.4 Å². The summed E-state index contributed by atoms with van der Waals surface area (Å²) in [5.74, 6) is 1.19. The van der Waals surface area contributed by atoms with Gasteiger partial charge < -0.3 is 10.3 Å².